The number of nitrogens with zero attached hydrogens (tertiary/aromatic N) is 2. The Labute approximate surface area is 154 Å². The number of anilines is 3. The Kier molecular flexibility index (Phi) is 4.46. The molecule has 6 heteroatoms. The second kappa shape index (κ2) is 6.90. The molecule has 0 atom stereocenters. The van der Waals surface area contributed by atoms with Crippen molar-refractivity contribution in [1.82, 2.24) is 4.98 Å². The molecule has 3 aromatic rings. The predicted octanol–water partition coefficient (Wildman–Crippen LogP) is 4.95. The number of pyridine rings is 1. The number of thioether (sulfide) groups is 1. The number of hydrogen-bond acceptors (Lipinski definition) is 5. The molecule has 0 aliphatic carbocycles. The summed E-state index contributed by atoms with van der Waals surface area (Å²) in [5, 5.41) is 5.12. The summed E-state index contributed by atoms with van der Waals surface area (Å²) < 4.78 is 0. The first kappa shape index (κ1) is 16.2. The highest BCUT2D eigenvalue weighted by Crippen LogP contribution is 2.40. The van der Waals surface area contributed by atoms with Gasteiger partial charge in [-0.1, -0.05) is 18.2 Å². The van der Waals surface area contributed by atoms with E-state index in [2.05, 4.69) is 21.3 Å². The van der Waals surface area contributed by atoms with Crippen molar-refractivity contribution in [3.63, 3.8) is 0 Å². The Morgan fingerprint density at radius 1 is 1.16 bits per heavy atom. The highest BCUT2D eigenvalue weighted by molar-refractivity contribution is 7.99. The van der Waals surface area contributed by atoms with Crippen LogP contribution in [-0.4, -0.2) is 23.2 Å². The van der Waals surface area contributed by atoms with Crippen molar-refractivity contribution < 1.29 is 4.79 Å². The molecule has 0 saturated carbocycles. The Bertz CT molecular complexity index is 922. The summed E-state index contributed by atoms with van der Waals surface area (Å²) in [6.07, 6.45) is 1.82. The van der Waals surface area contributed by atoms with E-state index in [1.807, 2.05) is 55.6 Å². The van der Waals surface area contributed by atoms with Crippen LogP contribution in [-0.2, 0) is 0 Å². The summed E-state index contributed by atoms with van der Waals surface area (Å²) >= 11 is 3.29. The average Bonchev–Trinajstić information content (AvgIpc) is 3.13. The number of aromatic nitrogens is 1. The minimum Gasteiger partial charge on any atom is -0.330 e. The van der Waals surface area contributed by atoms with E-state index < -0.39 is 0 Å². The van der Waals surface area contributed by atoms with Crippen LogP contribution < -0.4 is 10.2 Å². The third-order valence-electron chi connectivity index (χ3n) is 4.07. The predicted molar refractivity (Wildman–Crippen MR) is 105 cm³/mol. The second-order valence-electron chi connectivity index (χ2n) is 5.73. The molecule has 1 N–H and O–H groups in total. The fourth-order valence-electron chi connectivity index (χ4n) is 2.77. The molecule has 25 heavy (non-hydrogen) atoms. The molecule has 0 radical (unpaired) electrons. The average molecular weight is 367 g/mol. The maximum absolute atomic E-state index is 12.6. The number of rotatable bonds is 3. The molecule has 0 fully saturated rings. The second-order valence-corrected chi connectivity index (χ2v) is 7.88. The van der Waals surface area contributed by atoms with E-state index in [9.17, 15) is 4.79 Å². The van der Waals surface area contributed by atoms with Gasteiger partial charge in [0.15, 0.2) is 0 Å². The molecular formula is C19H17N3OS2. The van der Waals surface area contributed by atoms with E-state index in [1.165, 1.54) is 11.3 Å². The zero-order valence-electron chi connectivity index (χ0n) is 13.7. The SMILES string of the molecule is Cc1ccccc1NC(=O)c1ccc(N2CCSc3ncccc32)s1. The highest BCUT2D eigenvalue weighted by atomic mass is 32.2. The number of fused-ring (bicyclic) bond motifs is 1. The zero-order valence-corrected chi connectivity index (χ0v) is 15.4. The number of para-hydroxylation sites is 1. The van der Waals surface area contributed by atoms with Gasteiger partial charge < -0.3 is 10.2 Å². The first-order chi connectivity index (χ1) is 12.2. The normalized spacial score (nSPS) is 13.4. The van der Waals surface area contributed by atoms with Gasteiger partial charge in [-0.25, -0.2) is 4.98 Å². The Balaban J connectivity index is 1.57. The number of benzene rings is 1. The molecule has 3 heterocycles. The molecule has 4 rings (SSSR count). The van der Waals surface area contributed by atoms with Crippen molar-refractivity contribution in [2.45, 2.75) is 11.9 Å². The molecule has 0 unspecified atom stereocenters. The number of amides is 1. The summed E-state index contributed by atoms with van der Waals surface area (Å²) in [5.74, 6) is 0.926. The van der Waals surface area contributed by atoms with Crippen LogP contribution in [0.25, 0.3) is 0 Å². The van der Waals surface area contributed by atoms with E-state index in [4.69, 9.17) is 0 Å². The van der Waals surface area contributed by atoms with Crippen molar-refractivity contribution in [3.05, 3.63) is 65.2 Å². The molecule has 0 bridgehead atoms. The van der Waals surface area contributed by atoms with Gasteiger partial charge in [0.1, 0.15) is 5.03 Å². The zero-order chi connectivity index (χ0) is 17.2. The Morgan fingerprint density at radius 2 is 2.04 bits per heavy atom. The number of carbonyl (C=O) groups is 1. The number of aryl methyl sites for hydroxylation is 1. The van der Waals surface area contributed by atoms with Crippen LogP contribution in [0.3, 0.4) is 0 Å². The maximum atomic E-state index is 12.6. The lowest BCUT2D eigenvalue weighted by atomic mass is 10.2. The fraction of sp³-hybridized carbons (Fsp3) is 0.158. The van der Waals surface area contributed by atoms with Crippen LogP contribution in [0.2, 0.25) is 0 Å². The molecule has 1 amide bonds. The van der Waals surface area contributed by atoms with E-state index in [1.54, 1.807) is 11.8 Å². The number of hydrogen-bond donors (Lipinski definition) is 1. The molecule has 0 saturated heterocycles. The molecule has 1 aliphatic rings. The Morgan fingerprint density at radius 3 is 2.92 bits per heavy atom. The number of nitrogens with one attached hydrogen (secondary N) is 1. The van der Waals surface area contributed by atoms with Crippen molar-refractivity contribution >= 4 is 45.4 Å². The summed E-state index contributed by atoms with van der Waals surface area (Å²) in [5.41, 5.74) is 3.03. The van der Waals surface area contributed by atoms with Gasteiger partial charge in [-0.05, 0) is 42.8 Å². The van der Waals surface area contributed by atoms with Crippen LogP contribution in [0.15, 0.2) is 59.8 Å². The Hall–Kier alpha value is -2.31. The molecule has 4 nitrogen and oxygen atoms in total. The van der Waals surface area contributed by atoms with Crippen LogP contribution >= 0.6 is 23.1 Å². The van der Waals surface area contributed by atoms with Crippen molar-refractivity contribution in [1.29, 1.82) is 0 Å². The fourth-order valence-corrected chi connectivity index (χ4v) is 4.64. The standard InChI is InChI=1S/C19H17N3OS2/c1-13-5-2-3-6-14(13)21-18(23)16-8-9-17(25-16)22-11-12-24-19-15(22)7-4-10-20-19/h2-10H,11-12H2,1H3,(H,21,23). The van der Waals surface area contributed by atoms with Crippen LogP contribution in [0.1, 0.15) is 15.2 Å². The molecule has 0 spiro atoms. The third kappa shape index (κ3) is 3.27. The van der Waals surface area contributed by atoms with Crippen LogP contribution in [0, 0.1) is 6.92 Å². The van der Waals surface area contributed by atoms with Crippen LogP contribution in [0.5, 0.6) is 0 Å². The van der Waals surface area contributed by atoms with Crippen LogP contribution in [0.4, 0.5) is 16.4 Å². The van der Waals surface area contributed by atoms with Gasteiger partial charge in [-0.3, -0.25) is 4.79 Å². The van der Waals surface area contributed by atoms with E-state index in [0.29, 0.717) is 4.88 Å². The van der Waals surface area contributed by atoms with Crippen molar-refractivity contribution in [2.24, 2.45) is 0 Å². The summed E-state index contributed by atoms with van der Waals surface area (Å²) in [7, 11) is 0. The van der Waals surface area contributed by atoms with Gasteiger partial charge in [0.25, 0.3) is 5.91 Å². The van der Waals surface area contributed by atoms with Crippen molar-refractivity contribution in [3.8, 4) is 0 Å². The number of thiophene rings is 1. The molecule has 1 aromatic carbocycles. The number of carbonyl (C=O) groups excluding carboxylic acids is 1. The third-order valence-corrected chi connectivity index (χ3v) is 6.15. The van der Waals surface area contributed by atoms with Gasteiger partial charge in [0.05, 0.1) is 15.6 Å². The smallest absolute Gasteiger partial charge is 0.265 e. The summed E-state index contributed by atoms with van der Waals surface area (Å²) in [6.45, 7) is 2.91. The van der Waals surface area contributed by atoms with Gasteiger partial charge in [0, 0.05) is 24.2 Å². The monoisotopic (exact) mass is 367 g/mol. The lowest BCUT2D eigenvalue weighted by Gasteiger charge is -2.28. The topological polar surface area (TPSA) is 45.2 Å². The minimum absolute atomic E-state index is 0.0663. The summed E-state index contributed by atoms with van der Waals surface area (Å²) in [6, 6.07) is 15.8. The first-order valence-corrected chi connectivity index (χ1v) is 9.85. The first-order valence-electron chi connectivity index (χ1n) is 8.04. The molecular weight excluding hydrogens is 350 g/mol. The quantitative estimate of drug-likeness (QED) is 0.712. The lowest BCUT2D eigenvalue weighted by molar-refractivity contribution is 0.103. The molecule has 2 aromatic heterocycles. The van der Waals surface area contributed by atoms with Gasteiger partial charge in [-0.15, -0.1) is 23.1 Å². The van der Waals surface area contributed by atoms with Crippen molar-refractivity contribution in [2.75, 3.05) is 22.5 Å². The summed E-state index contributed by atoms with van der Waals surface area (Å²) in [4.78, 5) is 20.0. The largest absolute Gasteiger partial charge is 0.330 e. The van der Waals surface area contributed by atoms with E-state index >= 15 is 0 Å². The lowest BCUT2D eigenvalue weighted by Crippen LogP contribution is -2.23. The van der Waals surface area contributed by atoms with E-state index in [0.717, 1.165) is 39.3 Å². The molecule has 1 aliphatic heterocycles. The van der Waals surface area contributed by atoms with E-state index in [-0.39, 0.29) is 5.91 Å². The maximum Gasteiger partial charge on any atom is 0.265 e. The molecule has 126 valence electrons. The minimum atomic E-state index is -0.0663. The van der Waals surface area contributed by atoms with Gasteiger partial charge in [-0.2, -0.15) is 0 Å². The highest BCUT2D eigenvalue weighted by Gasteiger charge is 2.21. The van der Waals surface area contributed by atoms with Gasteiger partial charge in [0.2, 0.25) is 0 Å². The van der Waals surface area contributed by atoms with Gasteiger partial charge >= 0.3 is 0 Å².